The van der Waals surface area contributed by atoms with Crippen LogP contribution in [0.3, 0.4) is 0 Å². The van der Waals surface area contributed by atoms with Gasteiger partial charge in [0.25, 0.3) is 0 Å². The molecule has 0 saturated heterocycles. The van der Waals surface area contributed by atoms with E-state index in [1.165, 1.54) is 180 Å². The second-order valence-electron chi connectivity index (χ2n) is 14.1. The summed E-state index contributed by atoms with van der Waals surface area (Å²) in [4.78, 5) is 12.3. The van der Waals surface area contributed by atoms with Crippen molar-refractivity contribution in [2.24, 2.45) is 0 Å². The van der Waals surface area contributed by atoms with Crippen molar-refractivity contribution in [1.29, 1.82) is 0 Å². The Morgan fingerprint density at radius 3 is 1.16 bits per heavy atom. The zero-order valence-electron chi connectivity index (χ0n) is 30.7. The molecule has 2 unspecified atom stereocenters. The lowest BCUT2D eigenvalue weighted by Gasteiger charge is -2.20. The number of unbranched alkanes of at least 4 members (excludes halogenated alkanes) is 30. The van der Waals surface area contributed by atoms with Crippen LogP contribution < -0.4 is 5.32 Å². The average Bonchev–Trinajstić information content (AvgIpc) is 3.04. The molecule has 0 radical (unpaired) electrons. The first-order valence-corrected chi connectivity index (χ1v) is 20.4. The van der Waals surface area contributed by atoms with Crippen LogP contribution in [0.15, 0.2) is 12.2 Å². The maximum atomic E-state index is 12.3. The third-order valence-corrected chi connectivity index (χ3v) is 9.52. The van der Waals surface area contributed by atoms with Crippen LogP contribution in [0.5, 0.6) is 0 Å². The lowest BCUT2D eigenvalue weighted by atomic mass is 10.0. The van der Waals surface area contributed by atoms with E-state index in [1.807, 2.05) is 6.08 Å². The molecule has 0 aromatic carbocycles. The number of carbonyl (C=O) groups is 1. The highest BCUT2D eigenvalue weighted by molar-refractivity contribution is 5.76. The van der Waals surface area contributed by atoms with Gasteiger partial charge in [-0.2, -0.15) is 0 Å². The monoisotopic (exact) mass is 636 g/mol. The third-order valence-electron chi connectivity index (χ3n) is 9.52. The fourth-order valence-electron chi connectivity index (χ4n) is 6.35. The van der Waals surface area contributed by atoms with Crippen LogP contribution in [-0.2, 0) is 4.79 Å². The van der Waals surface area contributed by atoms with Gasteiger partial charge in [-0.1, -0.05) is 212 Å². The molecule has 4 heteroatoms. The molecular weight excluding hydrogens is 554 g/mol. The molecule has 4 nitrogen and oxygen atoms in total. The van der Waals surface area contributed by atoms with Crippen LogP contribution in [-0.4, -0.2) is 34.9 Å². The van der Waals surface area contributed by atoms with Gasteiger partial charge < -0.3 is 15.5 Å². The Hall–Kier alpha value is -0.870. The molecule has 45 heavy (non-hydrogen) atoms. The number of nitrogens with one attached hydrogen (secondary N) is 1. The van der Waals surface area contributed by atoms with Crippen LogP contribution in [0.2, 0.25) is 0 Å². The molecule has 0 saturated carbocycles. The van der Waals surface area contributed by atoms with Gasteiger partial charge in [-0.3, -0.25) is 4.79 Å². The van der Waals surface area contributed by atoms with E-state index in [2.05, 4.69) is 19.2 Å². The summed E-state index contributed by atoms with van der Waals surface area (Å²) in [7, 11) is 0. The predicted molar refractivity (Wildman–Crippen MR) is 198 cm³/mol. The van der Waals surface area contributed by atoms with E-state index in [0.29, 0.717) is 6.42 Å². The summed E-state index contributed by atoms with van der Waals surface area (Å²) in [5, 5.41) is 22.9. The van der Waals surface area contributed by atoms with Crippen molar-refractivity contribution in [1.82, 2.24) is 5.32 Å². The molecule has 0 aromatic heterocycles. The molecule has 0 spiro atoms. The Morgan fingerprint density at radius 1 is 0.511 bits per heavy atom. The molecule has 0 heterocycles. The smallest absolute Gasteiger partial charge is 0.220 e. The first-order chi connectivity index (χ1) is 22.2. The molecule has 0 aliphatic carbocycles. The average molecular weight is 636 g/mol. The highest BCUT2D eigenvalue weighted by atomic mass is 16.3. The minimum Gasteiger partial charge on any atom is -0.394 e. The van der Waals surface area contributed by atoms with E-state index in [9.17, 15) is 15.0 Å². The van der Waals surface area contributed by atoms with Crippen LogP contribution in [0.1, 0.15) is 226 Å². The molecule has 0 fully saturated rings. The maximum absolute atomic E-state index is 12.3. The number of aliphatic hydroxyl groups is 2. The topological polar surface area (TPSA) is 69.6 Å². The maximum Gasteiger partial charge on any atom is 0.220 e. The molecule has 1 amide bonds. The molecular formula is C41H81NO3. The minimum atomic E-state index is -0.832. The summed E-state index contributed by atoms with van der Waals surface area (Å²) in [6, 6.07) is -0.614. The number of aliphatic hydroxyl groups excluding tert-OH is 2. The quantitative estimate of drug-likeness (QED) is 0.0470. The first-order valence-electron chi connectivity index (χ1n) is 20.4. The van der Waals surface area contributed by atoms with Crippen LogP contribution in [0, 0.1) is 0 Å². The number of hydrogen-bond acceptors (Lipinski definition) is 3. The van der Waals surface area contributed by atoms with Crippen molar-refractivity contribution in [2.75, 3.05) is 6.61 Å². The van der Waals surface area contributed by atoms with Gasteiger partial charge >= 0.3 is 0 Å². The lowest BCUT2D eigenvalue weighted by molar-refractivity contribution is -0.123. The fourth-order valence-corrected chi connectivity index (χ4v) is 6.35. The molecule has 0 aliphatic rings. The van der Waals surface area contributed by atoms with Crippen molar-refractivity contribution in [3.05, 3.63) is 12.2 Å². The molecule has 268 valence electrons. The third kappa shape index (κ3) is 34.3. The lowest BCUT2D eigenvalue weighted by Crippen LogP contribution is -2.45. The molecule has 3 N–H and O–H groups in total. The van der Waals surface area contributed by atoms with Crippen LogP contribution >= 0.6 is 0 Å². The Kier molecular flexibility index (Phi) is 36.9. The van der Waals surface area contributed by atoms with Gasteiger partial charge in [-0.05, 0) is 19.3 Å². The van der Waals surface area contributed by atoms with Crippen molar-refractivity contribution >= 4 is 5.91 Å². The molecule has 0 bridgehead atoms. The Labute approximate surface area is 282 Å². The summed E-state index contributed by atoms with van der Waals surface area (Å²) >= 11 is 0. The Bertz CT molecular complexity index is 608. The zero-order valence-corrected chi connectivity index (χ0v) is 30.7. The number of hydrogen-bond donors (Lipinski definition) is 3. The van der Waals surface area contributed by atoms with E-state index in [0.717, 1.165) is 25.7 Å². The van der Waals surface area contributed by atoms with Gasteiger partial charge in [0.05, 0.1) is 18.8 Å². The second-order valence-corrected chi connectivity index (χ2v) is 14.1. The summed E-state index contributed by atoms with van der Waals surface area (Å²) in [5.74, 6) is -0.0634. The van der Waals surface area contributed by atoms with E-state index < -0.39 is 12.1 Å². The number of carbonyl (C=O) groups excluding carboxylic acids is 1. The molecule has 0 aromatic rings. The largest absolute Gasteiger partial charge is 0.394 e. The highest BCUT2D eigenvalue weighted by Gasteiger charge is 2.17. The van der Waals surface area contributed by atoms with E-state index in [-0.39, 0.29) is 12.5 Å². The Morgan fingerprint density at radius 2 is 0.822 bits per heavy atom. The van der Waals surface area contributed by atoms with E-state index in [1.54, 1.807) is 6.08 Å². The number of rotatable bonds is 37. The highest BCUT2D eigenvalue weighted by Crippen LogP contribution is 2.16. The van der Waals surface area contributed by atoms with Gasteiger partial charge in [-0.25, -0.2) is 0 Å². The van der Waals surface area contributed by atoms with Gasteiger partial charge in [0.1, 0.15) is 0 Å². The minimum absolute atomic E-state index is 0.0634. The second kappa shape index (κ2) is 37.6. The van der Waals surface area contributed by atoms with Gasteiger partial charge in [0, 0.05) is 6.42 Å². The van der Waals surface area contributed by atoms with Gasteiger partial charge in [0.15, 0.2) is 0 Å². The number of allylic oxidation sites excluding steroid dienone is 1. The van der Waals surface area contributed by atoms with E-state index >= 15 is 0 Å². The van der Waals surface area contributed by atoms with Crippen LogP contribution in [0.25, 0.3) is 0 Å². The predicted octanol–water partition coefficient (Wildman–Crippen LogP) is 12.3. The zero-order chi connectivity index (χ0) is 32.9. The molecule has 0 rings (SSSR count). The van der Waals surface area contributed by atoms with Crippen molar-refractivity contribution in [2.45, 2.75) is 238 Å². The normalized spacial score (nSPS) is 13.1. The first kappa shape index (κ1) is 44.1. The van der Waals surface area contributed by atoms with Crippen molar-refractivity contribution in [3.63, 3.8) is 0 Å². The molecule has 2 atom stereocenters. The summed E-state index contributed by atoms with van der Waals surface area (Å²) < 4.78 is 0. The van der Waals surface area contributed by atoms with Crippen LogP contribution in [0.4, 0.5) is 0 Å². The standard InChI is InChI=1S/C41H81NO3/c1-3-5-7-9-11-13-15-16-17-18-19-20-21-22-23-24-25-27-28-30-32-34-36-40(44)39(38-43)42-41(45)37-35-33-31-29-26-14-12-10-8-6-4-2/h34,36,39-40,43-44H,3-33,35,37-38H2,1-2H3,(H,42,45)/b36-34+. The summed E-state index contributed by atoms with van der Waals surface area (Å²) in [6.07, 6.45) is 46.0. The molecule has 0 aliphatic heterocycles. The summed E-state index contributed by atoms with van der Waals surface area (Å²) in [5.41, 5.74) is 0. The van der Waals surface area contributed by atoms with Crippen molar-refractivity contribution < 1.29 is 15.0 Å². The summed E-state index contributed by atoms with van der Waals surface area (Å²) in [6.45, 7) is 4.31. The Balaban J connectivity index is 3.52. The van der Waals surface area contributed by atoms with Gasteiger partial charge in [0.2, 0.25) is 5.91 Å². The van der Waals surface area contributed by atoms with Gasteiger partial charge in [-0.15, -0.1) is 0 Å². The fraction of sp³-hybridized carbons (Fsp3) is 0.927. The SMILES string of the molecule is CCCCCCCCCCCCCCCCCCCCCC/C=C/C(O)C(CO)NC(=O)CCCCCCCCCCCCC. The number of amides is 1. The van der Waals surface area contributed by atoms with E-state index in [4.69, 9.17) is 0 Å². The van der Waals surface area contributed by atoms with Crippen molar-refractivity contribution in [3.8, 4) is 0 Å².